The van der Waals surface area contributed by atoms with Crippen LogP contribution in [0, 0.1) is 0 Å². The topological polar surface area (TPSA) is 38.3 Å². The molecule has 0 radical (unpaired) electrons. The van der Waals surface area contributed by atoms with Crippen molar-refractivity contribution in [3.8, 4) is 5.75 Å². The van der Waals surface area contributed by atoms with E-state index in [4.69, 9.17) is 4.74 Å². The Bertz CT molecular complexity index is 311. The normalized spacial score (nSPS) is 14.1. The number of para-hydroxylation sites is 1. The summed E-state index contributed by atoms with van der Waals surface area (Å²) in [6.45, 7) is 5.37. The van der Waals surface area contributed by atoms with Crippen molar-refractivity contribution < 1.29 is 9.53 Å². The first-order valence-corrected chi connectivity index (χ1v) is 5.08. The molecule has 3 nitrogen and oxygen atoms in total. The highest BCUT2D eigenvalue weighted by atomic mass is 16.5. The van der Waals surface area contributed by atoms with Crippen LogP contribution in [0.4, 0.5) is 0 Å². The van der Waals surface area contributed by atoms with Crippen molar-refractivity contribution >= 4 is 5.91 Å². The summed E-state index contributed by atoms with van der Waals surface area (Å²) in [5, 5.41) is 2.80. The molecule has 3 heteroatoms. The van der Waals surface area contributed by atoms with E-state index in [1.165, 1.54) is 6.92 Å². The summed E-state index contributed by atoms with van der Waals surface area (Å²) in [7, 11) is 0. The minimum absolute atomic E-state index is 0.00251. The van der Waals surface area contributed by atoms with Crippen LogP contribution in [0.1, 0.15) is 20.8 Å². The van der Waals surface area contributed by atoms with Gasteiger partial charge >= 0.3 is 0 Å². The lowest BCUT2D eigenvalue weighted by Crippen LogP contribution is -2.41. The molecule has 82 valence electrons. The number of benzene rings is 1. The molecule has 1 aromatic carbocycles. The van der Waals surface area contributed by atoms with Crippen molar-refractivity contribution in [1.29, 1.82) is 0 Å². The molecule has 0 fully saturated rings. The van der Waals surface area contributed by atoms with Gasteiger partial charge in [-0.15, -0.1) is 0 Å². The number of hydrogen-bond donors (Lipinski definition) is 1. The molecular weight excluding hydrogens is 190 g/mol. The molecule has 0 saturated carbocycles. The molecule has 1 amide bonds. The second kappa shape index (κ2) is 5.39. The highest BCUT2D eigenvalue weighted by Crippen LogP contribution is 2.12. The number of amides is 1. The van der Waals surface area contributed by atoms with Crippen LogP contribution >= 0.6 is 0 Å². The molecule has 1 N–H and O–H groups in total. The van der Waals surface area contributed by atoms with Gasteiger partial charge in [-0.25, -0.2) is 0 Å². The summed E-state index contributed by atoms with van der Waals surface area (Å²) in [5.74, 6) is 0.785. The van der Waals surface area contributed by atoms with Crippen LogP contribution in [-0.2, 0) is 4.79 Å². The van der Waals surface area contributed by atoms with Gasteiger partial charge in [0, 0.05) is 6.92 Å². The Morgan fingerprint density at radius 3 is 2.40 bits per heavy atom. The van der Waals surface area contributed by atoms with Gasteiger partial charge in [0.15, 0.2) is 0 Å². The number of carbonyl (C=O) groups is 1. The van der Waals surface area contributed by atoms with Gasteiger partial charge in [-0.1, -0.05) is 18.2 Å². The van der Waals surface area contributed by atoms with E-state index in [1.807, 2.05) is 44.2 Å². The molecule has 2 atom stereocenters. The van der Waals surface area contributed by atoms with Crippen LogP contribution in [0.5, 0.6) is 5.75 Å². The van der Waals surface area contributed by atoms with Gasteiger partial charge in [0.05, 0.1) is 6.04 Å². The highest BCUT2D eigenvalue weighted by Gasteiger charge is 2.14. The van der Waals surface area contributed by atoms with E-state index in [0.717, 1.165) is 5.75 Å². The minimum Gasteiger partial charge on any atom is -0.489 e. The number of rotatable bonds is 4. The SMILES string of the molecule is CC(=O)NC(C)C(C)Oc1ccccc1. The Kier molecular flexibility index (Phi) is 4.16. The Morgan fingerprint density at radius 1 is 1.27 bits per heavy atom. The number of hydrogen-bond acceptors (Lipinski definition) is 2. The maximum atomic E-state index is 10.8. The fraction of sp³-hybridized carbons (Fsp3) is 0.417. The van der Waals surface area contributed by atoms with Crippen LogP contribution in [0.2, 0.25) is 0 Å². The predicted octanol–water partition coefficient (Wildman–Crippen LogP) is 1.98. The van der Waals surface area contributed by atoms with Crippen LogP contribution in [0.3, 0.4) is 0 Å². The molecular formula is C12H17NO2. The fourth-order valence-electron chi connectivity index (χ4n) is 1.25. The zero-order valence-corrected chi connectivity index (χ0v) is 9.36. The van der Waals surface area contributed by atoms with Gasteiger partial charge < -0.3 is 10.1 Å². The first-order valence-electron chi connectivity index (χ1n) is 5.08. The van der Waals surface area contributed by atoms with Crippen molar-refractivity contribution in [1.82, 2.24) is 5.32 Å². The zero-order chi connectivity index (χ0) is 11.3. The molecule has 0 spiro atoms. The summed E-state index contributed by atoms with van der Waals surface area (Å²) < 4.78 is 5.66. The third-order valence-electron chi connectivity index (χ3n) is 2.20. The summed E-state index contributed by atoms with van der Waals surface area (Å²) in [6.07, 6.45) is -0.0451. The standard InChI is InChI=1S/C12H17NO2/c1-9(13-11(3)14)10(2)15-12-7-5-4-6-8-12/h4-10H,1-3H3,(H,13,14). The molecule has 15 heavy (non-hydrogen) atoms. The maximum Gasteiger partial charge on any atom is 0.217 e. The largest absolute Gasteiger partial charge is 0.489 e. The van der Waals surface area contributed by atoms with Crippen LogP contribution in [0.15, 0.2) is 30.3 Å². The Labute approximate surface area is 90.4 Å². The van der Waals surface area contributed by atoms with E-state index < -0.39 is 0 Å². The third-order valence-corrected chi connectivity index (χ3v) is 2.20. The van der Waals surface area contributed by atoms with E-state index in [2.05, 4.69) is 5.32 Å². The van der Waals surface area contributed by atoms with E-state index in [9.17, 15) is 4.79 Å². The number of carbonyl (C=O) groups excluding carboxylic acids is 1. The smallest absolute Gasteiger partial charge is 0.217 e. The number of nitrogens with one attached hydrogen (secondary N) is 1. The van der Waals surface area contributed by atoms with E-state index in [-0.39, 0.29) is 18.1 Å². The Hall–Kier alpha value is -1.51. The zero-order valence-electron chi connectivity index (χ0n) is 9.36. The van der Waals surface area contributed by atoms with Gasteiger partial charge in [0.25, 0.3) is 0 Å². The molecule has 0 aromatic heterocycles. The fourth-order valence-corrected chi connectivity index (χ4v) is 1.25. The van der Waals surface area contributed by atoms with Crippen molar-refractivity contribution in [2.24, 2.45) is 0 Å². The summed E-state index contributed by atoms with van der Waals surface area (Å²) >= 11 is 0. The van der Waals surface area contributed by atoms with E-state index >= 15 is 0 Å². The molecule has 0 aliphatic rings. The minimum atomic E-state index is -0.0451. The second-order valence-corrected chi connectivity index (χ2v) is 3.63. The quantitative estimate of drug-likeness (QED) is 0.819. The van der Waals surface area contributed by atoms with Gasteiger partial charge in [0.2, 0.25) is 5.91 Å². The predicted molar refractivity (Wildman–Crippen MR) is 59.8 cm³/mol. The molecule has 1 aromatic rings. The maximum absolute atomic E-state index is 10.8. The third kappa shape index (κ3) is 4.02. The summed E-state index contributed by atoms with van der Waals surface area (Å²) in [6, 6.07) is 9.58. The van der Waals surface area contributed by atoms with Crippen molar-refractivity contribution in [3.05, 3.63) is 30.3 Å². The van der Waals surface area contributed by atoms with Gasteiger partial charge in [-0.05, 0) is 26.0 Å². The average Bonchev–Trinajstić information content (AvgIpc) is 2.18. The average molecular weight is 207 g/mol. The van der Waals surface area contributed by atoms with Crippen LogP contribution < -0.4 is 10.1 Å². The molecule has 2 unspecified atom stereocenters. The molecule has 0 aliphatic heterocycles. The van der Waals surface area contributed by atoms with Gasteiger partial charge in [0.1, 0.15) is 11.9 Å². The van der Waals surface area contributed by atoms with Crippen LogP contribution in [-0.4, -0.2) is 18.1 Å². The molecule has 0 bridgehead atoms. The van der Waals surface area contributed by atoms with Gasteiger partial charge in [-0.2, -0.15) is 0 Å². The second-order valence-electron chi connectivity index (χ2n) is 3.63. The summed E-state index contributed by atoms with van der Waals surface area (Å²) in [4.78, 5) is 10.8. The van der Waals surface area contributed by atoms with Crippen LogP contribution in [0.25, 0.3) is 0 Å². The van der Waals surface area contributed by atoms with Crippen molar-refractivity contribution in [2.75, 3.05) is 0 Å². The molecule has 0 heterocycles. The van der Waals surface area contributed by atoms with Crippen molar-refractivity contribution in [2.45, 2.75) is 32.9 Å². The van der Waals surface area contributed by atoms with E-state index in [1.54, 1.807) is 0 Å². The molecule has 0 aliphatic carbocycles. The Morgan fingerprint density at radius 2 is 1.87 bits per heavy atom. The lowest BCUT2D eigenvalue weighted by Gasteiger charge is -2.21. The monoisotopic (exact) mass is 207 g/mol. The van der Waals surface area contributed by atoms with Crippen molar-refractivity contribution in [3.63, 3.8) is 0 Å². The summed E-state index contributed by atoms with van der Waals surface area (Å²) in [5.41, 5.74) is 0. The lowest BCUT2D eigenvalue weighted by atomic mass is 10.2. The lowest BCUT2D eigenvalue weighted by molar-refractivity contribution is -0.120. The Balaban J connectivity index is 2.48. The highest BCUT2D eigenvalue weighted by molar-refractivity contribution is 5.73. The molecule has 1 rings (SSSR count). The number of ether oxygens (including phenoxy) is 1. The first kappa shape index (κ1) is 11.6. The first-order chi connectivity index (χ1) is 7.09. The molecule has 0 saturated heterocycles. The van der Waals surface area contributed by atoms with Gasteiger partial charge in [-0.3, -0.25) is 4.79 Å². The van der Waals surface area contributed by atoms with E-state index in [0.29, 0.717) is 0 Å².